The Morgan fingerprint density at radius 1 is 1.37 bits per heavy atom. The van der Waals surface area contributed by atoms with Crippen molar-refractivity contribution in [1.82, 2.24) is 9.88 Å². The molecule has 1 aliphatic heterocycles. The summed E-state index contributed by atoms with van der Waals surface area (Å²) in [5.41, 5.74) is -0.193. The second-order valence-corrected chi connectivity index (χ2v) is 3.94. The zero-order valence-corrected chi connectivity index (χ0v) is 10.0. The highest BCUT2D eigenvalue weighted by atomic mass is 16.5. The van der Waals surface area contributed by atoms with Gasteiger partial charge in [0.15, 0.2) is 11.4 Å². The highest BCUT2D eigenvalue weighted by Crippen LogP contribution is 2.16. The molecule has 0 aliphatic carbocycles. The number of imide groups is 1. The minimum absolute atomic E-state index is 0.0451. The summed E-state index contributed by atoms with van der Waals surface area (Å²) in [6, 6.07) is 3.03. The van der Waals surface area contributed by atoms with E-state index in [1.807, 2.05) is 0 Å². The van der Waals surface area contributed by atoms with Crippen molar-refractivity contribution in [3.63, 3.8) is 0 Å². The van der Waals surface area contributed by atoms with Gasteiger partial charge >= 0.3 is 5.97 Å². The van der Waals surface area contributed by atoms with Gasteiger partial charge in [-0.05, 0) is 12.1 Å². The fourth-order valence-corrected chi connectivity index (χ4v) is 1.79. The minimum Gasteiger partial charge on any atom is -0.489 e. The molecule has 1 aromatic heterocycles. The number of nitrogens with zero attached hydrogens (tertiary/aromatic N) is 2. The lowest BCUT2D eigenvalue weighted by Gasteiger charge is -2.14. The van der Waals surface area contributed by atoms with Crippen LogP contribution in [0, 0.1) is 0 Å². The number of hydrogen-bond donors (Lipinski definition) is 1. The van der Waals surface area contributed by atoms with Gasteiger partial charge in [-0.25, -0.2) is 9.78 Å². The molecule has 2 rings (SSSR count). The topological polar surface area (TPSA) is 96.8 Å². The van der Waals surface area contributed by atoms with Gasteiger partial charge in [0.1, 0.15) is 6.61 Å². The molecule has 0 bridgehead atoms. The Labute approximate surface area is 108 Å². The highest BCUT2D eigenvalue weighted by molar-refractivity contribution is 6.01. The van der Waals surface area contributed by atoms with Crippen molar-refractivity contribution in [2.75, 3.05) is 13.2 Å². The fourth-order valence-electron chi connectivity index (χ4n) is 1.79. The lowest BCUT2D eigenvalue weighted by molar-refractivity contribution is -0.138. The molecule has 0 saturated carbocycles. The van der Waals surface area contributed by atoms with Crippen molar-refractivity contribution in [1.29, 1.82) is 0 Å². The average Bonchev–Trinajstić information content (AvgIpc) is 2.70. The summed E-state index contributed by atoms with van der Waals surface area (Å²) in [5.74, 6) is -1.52. The van der Waals surface area contributed by atoms with Crippen molar-refractivity contribution in [3.05, 3.63) is 24.0 Å². The quantitative estimate of drug-likeness (QED) is 0.768. The summed E-state index contributed by atoms with van der Waals surface area (Å²) >= 11 is 0. The van der Waals surface area contributed by atoms with Crippen molar-refractivity contribution in [2.45, 2.75) is 12.8 Å². The smallest absolute Gasteiger partial charge is 0.358 e. The molecule has 0 unspecified atom stereocenters. The molecular formula is C12H12N2O5. The van der Waals surface area contributed by atoms with Gasteiger partial charge < -0.3 is 9.84 Å². The van der Waals surface area contributed by atoms with E-state index in [0.29, 0.717) is 0 Å². The monoisotopic (exact) mass is 264 g/mol. The Bertz CT molecular complexity index is 513. The van der Waals surface area contributed by atoms with E-state index in [1.165, 1.54) is 12.3 Å². The van der Waals surface area contributed by atoms with Gasteiger partial charge in [-0.1, -0.05) is 0 Å². The van der Waals surface area contributed by atoms with Gasteiger partial charge in [-0.2, -0.15) is 0 Å². The van der Waals surface area contributed by atoms with E-state index in [4.69, 9.17) is 9.84 Å². The summed E-state index contributed by atoms with van der Waals surface area (Å²) in [7, 11) is 0. The Morgan fingerprint density at radius 2 is 2.05 bits per heavy atom. The van der Waals surface area contributed by atoms with Crippen LogP contribution < -0.4 is 4.74 Å². The molecule has 0 atom stereocenters. The molecule has 0 spiro atoms. The van der Waals surface area contributed by atoms with Crippen molar-refractivity contribution < 1.29 is 24.2 Å². The van der Waals surface area contributed by atoms with E-state index >= 15 is 0 Å². The van der Waals surface area contributed by atoms with Crippen LogP contribution in [0.25, 0.3) is 0 Å². The van der Waals surface area contributed by atoms with Crippen LogP contribution in [0.1, 0.15) is 23.3 Å². The average molecular weight is 264 g/mol. The Hall–Kier alpha value is -2.44. The zero-order chi connectivity index (χ0) is 13.8. The Morgan fingerprint density at radius 3 is 2.68 bits per heavy atom. The number of carboxylic acid groups (broad SMARTS) is 1. The van der Waals surface area contributed by atoms with Crippen LogP contribution >= 0.6 is 0 Å². The molecule has 0 radical (unpaired) electrons. The van der Waals surface area contributed by atoms with Gasteiger partial charge in [-0.3, -0.25) is 14.5 Å². The minimum atomic E-state index is -1.19. The maximum absolute atomic E-state index is 11.3. The maximum Gasteiger partial charge on any atom is 0.358 e. The third-order valence-electron chi connectivity index (χ3n) is 2.70. The third kappa shape index (κ3) is 2.87. The first-order valence-corrected chi connectivity index (χ1v) is 5.74. The lowest BCUT2D eigenvalue weighted by Crippen LogP contribution is -2.33. The van der Waals surface area contributed by atoms with Crippen molar-refractivity contribution >= 4 is 17.8 Å². The standard InChI is InChI=1S/C12H12N2O5/c15-9-3-4-10(16)14(9)6-7-19-8-2-1-5-13-11(8)12(17)18/h1-2,5H,3-4,6-7H2,(H,17,18). The van der Waals surface area contributed by atoms with E-state index in [-0.39, 0.29) is 49.3 Å². The third-order valence-corrected chi connectivity index (χ3v) is 2.70. The van der Waals surface area contributed by atoms with Gasteiger partial charge in [0.05, 0.1) is 6.54 Å². The SMILES string of the molecule is O=C(O)c1ncccc1OCCN1C(=O)CCC1=O. The fraction of sp³-hybridized carbons (Fsp3) is 0.333. The number of hydrogen-bond acceptors (Lipinski definition) is 5. The number of pyridine rings is 1. The van der Waals surface area contributed by atoms with E-state index in [2.05, 4.69) is 4.98 Å². The molecule has 19 heavy (non-hydrogen) atoms. The van der Waals surface area contributed by atoms with E-state index in [1.54, 1.807) is 6.07 Å². The number of aromatic carboxylic acids is 1. The van der Waals surface area contributed by atoms with Crippen LogP contribution in [0.15, 0.2) is 18.3 Å². The first kappa shape index (κ1) is 13.0. The Balaban J connectivity index is 1.94. The van der Waals surface area contributed by atoms with Crippen LogP contribution in [0.3, 0.4) is 0 Å². The predicted molar refractivity (Wildman–Crippen MR) is 62.6 cm³/mol. The number of rotatable bonds is 5. The van der Waals surface area contributed by atoms with E-state index < -0.39 is 5.97 Å². The number of aromatic nitrogens is 1. The highest BCUT2D eigenvalue weighted by Gasteiger charge is 2.28. The van der Waals surface area contributed by atoms with E-state index in [9.17, 15) is 14.4 Å². The van der Waals surface area contributed by atoms with Crippen LogP contribution in [-0.4, -0.2) is 45.9 Å². The van der Waals surface area contributed by atoms with Crippen LogP contribution in [0.5, 0.6) is 5.75 Å². The maximum atomic E-state index is 11.3. The molecule has 1 aliphatic rings. The van der Waals surface area contributed by atoms with Crippen LogP contribution in [0.4, 0.5) is 0 Å². The molecule has 1 aromatic rings. The van der Waals surface area contributed by atoms with Crippen molar-refractivity contribution in [2.24, 2.45) is 0 Å². The first-order valence-electron chi connectivity index (χ1n) is 5.74. The van der Waals surface area contributed by atoms with Gasteiger partial charge in [0, 0.05) is 19.0 Å². The molecule has 2 heterocycles. The van der Waals surface area contributed by atoms with Gasteiger partial charge in [-0.15, -0.1) is 0 Å². The van der Waals surface area contributed by atoms with Crippen LogP contribution in [-0.2, 0) is 9.59 Å². The molecule has 1 fully saturated rings. The molecule has 100 valence electrons. The number of carboxylic acids is 1. The number of carbonyl (C=O) groups is 3. The summed E-state index contributed by atoms with van der Waals surface area (Å²) in [5, 5.41) is 8.90. The summed E-state index contributed by atoms with van der Waals surface area (Å²) in [6.07, 6.45) is 1.81. The first-order chi connectivity index (χ1) is 9.09. The number of likely N-dealkylation sites (tertiary alicyclic amines) is 1. The molecule has 7 nitrogen and oxygen atoms in total. The summed E-state index contributed by atoms with van der Waals surface area (Å²) in [4.78, 5) is 38.4. The molecule has 2 amide bonds. The Kier molecular flexibility index (Phi) is 3.74. The summed E-state index contributed by atoms with van der Waals surface area (Å²) < 4.78 is 5.27. The molecule has 1 N–H and O–H groups in total. The molecule has 7 heteroatoms. The van der Waals surface area contributed by atoms with Crippen LogP contribution in [0.2, 0.25) is 0 Å². The normalized spacial score (nSPS) is 14.8. The molecule has 1 saturated heterocycles. The molecule has 0 aromatic carbocycles. The van der Waals surface area contributed by atoms with Gasteiger partial charge in [0.2, 0.25) is 11.8 Å². The number of ether oxygens (including phenoxy) is 1. The second-order valence-electron chi connectivity index (χ2n) is 3.94. The van der Waals surface area contributed by atoms with Gasteiger partial charge in [0.25, 0.3) is 0 Å². The lowest BCUT2D eigenvalue weighted by atomic mass is 10.3. The molecular weight excluding hydrogens is 252 g/mol. The van der Waals surface area contributed by atoms with E-state index in [0.717, 1.165) is 4.90 Å². The zero-order valence-electron chi connectivity index (χ0n) is 10.0. The largest absolute Gasteiger partial charge is 0.489 e. The summed E-state index contributed by atoms with van der Waals surface area (Å²) in [6.45, 7) is 0.162. The predicted octanol–water partition coefficient (Wildman–Crippen LogP) is 0.308. The second kappa shape index (κ2) is 5.47. The van der Waals surface area contributed by atoms with Crippen molar-refractivity contribution in [3.8, 4) is 5.75 Å². The number of amides is 2. The number of carbonyl (C=O) groups excluding carboxylic acids is 2.